The minimum atomic E-state index is 0.0445. The van der Waals surface area contributed by atoms with Crippen LogP contribution >= 0.6 is 0 Å². The molecule has 0 aliphatic rings. The largest absolute Gasteiger partial charge is 0.394 e. The van der Waals surface area contributed by atoms with Crippen molar-refractivity contribution in [2.75, 3.05) is 6.61 Å². The van der Waals surface area contributed by atoms with Crippen LogP contribution in [-0.4, -0.2) is 17.8 Å². The molecular weight excluding hydrogens is 210 g/mol. The van der Waals surface area contributed by atoms with E-state index >= 15 is 0 Å². The van der Waals surface area contributed by atoms with Gasteiger partial charge < -0.3 is 10.4 Å². The van der Waals surface area contributed by atoms with Crippen LogP contribution in [-0.2, 0) is 6.42 Å². The molecule has 1 atom stereocenters. The molecule has 1 rings (SSSR count). The molecule has 96 valence electrons. The van der Waals surface area contributed by atoms with Crippen LogP contribution in [0.25, 0.3) is 0 Å². The molecule has 2 N–H and O–H groups in total. The molecule has 0 aliphatic carbocycles. The van der Waals surface area contributed by atoms with E-state index < -0.39 is 0 Å². The lowest BCUT2D eigenvalue weighted by atomic mass is 9.99. The van der Waals surface area contributed by atoms with E-state index in [4.69, 9.17) is 0 Å². The van der Waals surface area contributed by atoms with Crippen molar-refractivity contribution in [2.24, 2.45) is 5.92 Å². The third-order valence-corrected chi connectivity index (χ3v) is 2.74. The molecule has 0 bridgehead atoms. The lowest BCUT2D eigenvalue weighted by Gasteiger charge is -2.19. The number of benzene rings is 1. The fraction of sp³-hybridized carbons (Fsp3) is 0.600. The third kappa shape index (κ3) is 4.88. The van der Waals surface area contributed by atoms with Gasteiger partial charge in [-0.3, -0.25) is 0 Å². The number of hydrogen-bond donors (Lipinski definition) is 2. The average molecular weight is 235 g/mol. The molecule has 1 unspecified atom stereocenters. The van der Waals surface area contributed by atoms with Crippen LogP contribution in [0.1, 0.15) is 44.9 Å². The van der Waals surface area contributed by atoms with Crippen molar-refractivity contribution in [1.29, 1.82) is 0 Å². The van der Waals surface area contributed by atoms with E-state index in [2.05, 4.69) is 57.3 Å². The molecule has 2 heteroatoms. The quantitative estimate of drug-likeness (QED) is 0.794. The molecule has 0 radical (unpaired) electrons. The zero-order valence-corrected chi connectivity index (χ0v) is 11.4. The lowest BCUT2D eigenvalue weighted by molar-refractivity contribution is 0.237. The van der Waals surface area contributed by atoms with Gasteiger partial charge in [0.1, 0.15) is 0 Å². The van der Waals surface area contributed by atoms with Gasteiger partial charge in [-0.2, -0.15) is 0 Å². The van der Waals surface area contributed by atoms with Gasteiger partial charge in [0.2, 0.25) is 0 Å². The SMILES string of the molecule is CC(C)Cc1ccc(C(CO)NC(C)C)cc1. The van der Waals surface area contributed by atoms with Gasteiger partial charge in [0.15, 0.2) is 0 Å². The number of hydrogen-bond acceptors (Lipinski definition) is 2. The number of aliphatic hydroxyl groups excluding tert-OH is 1. The molecular formula is C15H25NO. The fourth-order valence-corrected chi connectivity index (χ4v) is 2.01. The molecule has 0 spiro atoms. The summed E-state index contributed by atoms with van der Waals surface area (Å²) < 4.78 is 0. The average Bonchev–Trinajstić information content (AvgIpc) is 2.26. The molecule has 0 saturated heterocycles. The Labute approximate surface area is 105 Å². The van der Waals surface area contributed by atoms with Gasteiger partial charge in [0, 0.05) is 6.04 Å². The van der Waals surface area contributed by atoms with Gasteiger partial charge in [-0.15, -0.1) is 0 Å². The van der Waals surface area contributed by atoms with Gasteiger partial charge in [-0.05, 0) is 23.5 Å². The first-order valence-corrected chi connectivity index (χ1v) is 6.48. The summed E-state index contributed by atoms with van der Waals surface area (Å²) in [5.41, 5.74) is 2.53. The normalized spacial score (nSPS) is 13.4. The van der Waals surface area contributed by atoms with Crippen molar-refractivity contribution in [3.8, 4) is 0 Å². The Balaban J connectivity index is 2.70. The highest BCUT2D eigenvalue weighted by atomic mass is 16.3. The van der Waals surface area contributed by atoms with E-state index in [1.165, 1.54) is 5.56 Å². The third-order valence-electron chi connectivity index (χ3n) is 2.74. The Hall–Kier alpha value is -0.860. The lowest BCUT2D eigenvalue weighted by Crippen LogP contribution is -2.30. The Morgan fingerprint density at radius 2 is 1.65 bits per heavy atom. The summed E-state index contributed by atoms with van der Waals surface area (Å²) in [6.07, 6.45) is 1.11. The molecule has 0 heterocycles. The minimum absolute atomic E-state index is 0.0445. The summed E-state index contributed by atoms with van der Waals surface area (Å²) in [4.78, 5) is 0. The first-order valence-electron chi connectivity index (χ1n) is 6.48. The van der Waals surface area contributed by atoms with E-state index in [1.54, 1.807) is 0 Å². The standard InChI is InChI=1S/C15H25NO/c1-11(2)9-13-5-7-14(8-6-13)15(10-17)16-12(3)4/h5-8,11-12,15-17H,9-10H2,1-4H3. The van der Waals surface area contributed by atoms with Crippen molar-refractivity contribution in [3.63, 3.8) is 0 Å². The molecule has 1 aromatic rings. The van der Waals surface area contributed by atoms with Crippen LogP contribution in [0, 0.1) is 5.92 Å². The maximum atomic E-state index is 9.38. The van der Waals surface area contributed by atoms with Crippen LogP contribution in [0.2, 0.25) is 0 Å². The van der Waals surface area contributed by atoms with Gasteiger partial charge in [0.25, 0.3) is 0 Å². The highest BCUT2D eigenvalue weighted by Crippen LogP contribution is 2.16. The predicted molar refractivity (Wildman–Crippen MR) is 73.1 cm³/mol. The van der Waals surface area contributed by atoms with Gasteiger partial charge in [-0.1, -0.05) is 52.0 Å². The van der Waals surface area contributed by atoms with Crippen LogP contribution in [0.3, 0.4) is 0 Å². The monoisotopic (exact) mass is 235 g/mol. The Morgan fingerprint density at radius 1 is 1.06 bits per heavy atom. The molecule has 0 fully saturated rings. The Morgan fingerprint density at radius 3 is 2.06 bits per heavy atom. The van der Waals surface area contributed by atoms with Crippen molar-refractivity contribution in [3.05, 3.63) is 35.4 Å². The van der Waals surface area contributed by atoms with Gasteiger partial charge in [0.05, 0.1) is 12.6 Å². The van der Waals surface area contributed by atoms with Gasteiger partial charge in [-0.25, -0.2) is 0 Å². The molecule has 17 heavy (non-hydrogen) atoms. The number of nitrogens with one attached hydrogen (secondary N) is 1. The second-order valence-corrected chi connectivity index (χ2v) is 5.40. The first-order chi connectivity index (χ1) is 8.02. The zero-order chi connectivity index (χ0) is 12.8. The highest BCUT2D eigenvalue weighted by Gasteiger charge is 2.11. The summed E-state index contributed by atoms with van der Waals surface area (Å²) >= 11 is 0. The fourth-order valence-electron chi connectivity index (χ4n) is 2.01. The van der Waals surface area contributed by atoms with Crippen LogP contribution in [0.5, 0.6) is 0 Å². The smallest absolute Gasteiger partial charge is 0.0626 e. The minimum Gasteiger partial charge on any atom is -0.394 e. The Kier molecular flexibility index (Phi) is 5.66. The second-order valence-electron chi connectivity index (χ2n) is 5.40. The molecule has 0 amide bonds. The first kappa shape index (κ1) is 14.2. The van der Waals surface area contributed by atoms with E-state index in [1.807, 2.05) is 0 Å². The van der Waals surface area contributed by atoms with Crippen molar-refractivity contribution in [1.82, 2.24) is 5.32 Å². The topological polar surface area (TPSA) is 32.3 Å². The summed E-state index contributed by atoms with van der Waals surface area (Å²) in [6, 6.07) is 8.99. The molecule has 0 aliphatic heterocycles. The number of aliphatic hydroxyl groups is 1. The molecule has 2 nitrogen and oxygen atoms in total. The van der Waals surface area contributed by atoms with Gasteiger partial charge >= 0.3 is 0 Å². The van der Waals surface area contributed by atoms with Crippen molar-refractivity contribution >= 4 is 0 Å². The summed E-state index contributed by atoms with van der Waals surface area (Å²) in [6.45, 7) is 8.78. The van der Waals surface area contributed by atoms with Crippen molar-refractivity contribution < 1.29 is 5.11 Å². The molecule has 0 aromatic heterocycles. The predicted octanol–water partition coefficient (Wildman–Crippen LogP) is 2.92. The van der Waals surface area contributed by atoms with E-state index in [0.29, 0.717) is 12.0 Å². The Bertz CT molecular complexity index is 316. The van der Waals surface area contributed by atoms with Crippen LogP contribution in [0.4, 0.5) is 0 Å². The summed E-state index contributed by atoms with van der Waals surface area (Å²) in [7, 11) is 0. The maximum absolute atomic E-state index is 9.38. The summed E-state index contributed by atoms with van der Waals surface area (Å²) in [5, 5.41) is 12.7. The molecule has 1 aromatic carbocycles. The maximum Gasteiger partial charge on any atom is 0.0626 e. The van der Waals surface area contributed by atoms with Crippen LogP contribution < -0.4 is 5.32 Å². The number of rotatable bonds is 6. The van der Waals surface area contributed by atoms with E-state index in [0.717, 1.165) is 12.0 Å². The zero-order valence-electron chi connectivity index (χ0n) is 11.4. The second kappa shape index (κ2) is 6.77. The van der Waals surface area contributed by atoms with Crippen LogP contribution in [0.15, 0.2) is 24.3 Å². The summed E-state index contributed by atoms with van der Waals surface area (Å²) in [5.74, 6) is 0.684. The highest BCUT2D eigenvalue weighted by molar-refractivity contribution is 5.25. The van der Waals surface area contributed by atoms with E-state index in [-0.39, 0.29) is 12.6 Å². The van der Waals surface area contributed by atoms with Crippen molar-refractivity contribution in [2.45, 2.75) is 46.2 Å². The van der Waals surface area contributed by atoms with E-state index in [9.17, 15) is 5.11 Å². The molecule has 0 saturated carbocycles.